The Hall–Kier alpha value is -1.74. The van der Waals surface area contributed by atoms with Crippen LogP contribution in [0.2, 0.25) is 0 Å². The van der Waals surface area contributed by atoms with Gasteiger partial charge in [-0.1, -0.05) is 6.07 Å². The molecule has 1 fully saturated rings. The van der Waals surface area contributed by atoms with Crippen molar-refractivity contribution in [3.05, 3.63) is 44.5 Å². The smallest absolute Gasteiger partial charge is 0.330 e. The molecule has 0 aliphatic carbocycles. The van der Waals surface area contributed by atoms with E-state index in [0.717, 1.165) is 4.88 Å². The predicted molar refractivity (Wildman–Crippen MR) is 76.3 cm³/mol. The number of aliphatic hydroxyl groups is 2. The number of aromatic nitrogens is 2. The molecule has 0 unspecified atom stereocenters. The van der Waals surface area contributed by atoms with Crippen molar-refractivity contribution in [1.29, 1.82) is 0 Å². The van der Waals surface area contributed by atoms with Gasteiger partial charge in [-0.3, -0.25) is 14.3 Å². The van der Waals surface area contributed by atoms with Crippen LogP contribution in [0.25, 0.3) is 10.4 Å². The van der Waals surface area contributed by atoms with Gasteiger partial charge < -0.3 is 14.9 Å². The van der Waals surface area contributed by atoms with Gasteiger partial charge in [0.25, 0.3) is 5.56 Å². The molecule has 1 aliphatic rings. The van der Waals surface area contributed by atoms with Crippen LogP contribution in [0.4, 0.5) is 0 Å². The highest BCUT2D eigenvalue weighted by Gasteiger charge is 2.35. The summed E-state index contributed by atoms with van der Waals surface area (Å²) in [4.78, 5) is 26.8. The average Bonchev–Trinajstić information content (AvgIpc) is 3.08. The van der Waals surface area contributed by atoms with Gasteiger partial charge in [0.15, 0.2) is 0 Å². The quantitative estimate of drug-likeness (QED) is 0.735. The lowest BCUT2D eigenvalue weighted by Crippen LogP contribution is -2.33. The molecule has 2 aromatic heterocycles. The second-order valence-electron chi connectivity index (χ2n) is 4.80. The molecule has 1 saturated heterocycles. The van der Waals surface area contributed by atoms with Crippen LogP contribution in [0.3, 0.4) is 0 Å². The number of H-pyrrole nitrogens is 1. The molecule has 0 spiro atoms. The van der Waals surface area contributed by atoms with Crippen molar-refractivity contribution in [1.82, 2.24) is 9.55 Å². The molecular weight excluding hydrogens is 296 g/mol. The fourth-order valence-electron chi connectivity index (χ4n) is 2.36. The zero-order chi connectivity index (χ0) is 15.0. The molecule has 1 aliphatic heterocycles. The third kappa shape index (κ3) is 2.58. The van der Waals surface area contributed by atoms with Gasteiger partial charge in [-0.05, 0) is 11.4 Å². The third-order valence-electron chi connectivity index (χ3n) is 3.45. The lowest BCUT2D eigenvalue weighted by Gasteiger charge is -2.15. The Morgan fingerprint density at radius 3 is 2.90 bits per heavy atom. The maximum absolute atomic E-state index is 11.9. The van der Waals surface area contributed by atoms with Crippen molar-refractivity contribution in [3.63, 3.8) is 0 Å². The molecule has 3 rings (SSSR count). The van der Waals surface area contributed by atoms with Crippen LogP contribution >= 0.6 is 11.3 Å². The monoisotopic (exact) mass is 310 g/mol. The van der Waals surface area contributed by atoms with Gasteiger partial charge in [-0.25, -0.2) is 4.79 Å². The van der Waals surface area contributed by atoms with Crippen LogP contribution in [0.5, 0.6) is 0 Å². The van der Waals surface area contributed by atoms with Crippen LogP contribution in [0.1, 0.15) is 12.6 Å². The molecule has 3 N–H and O–H groups in total. The maximum Gasteiger partial charge on any atom is 0.330 e. The molecule has 112 valence electrons. The van der Waals surface area contributed by atoms with E-state index in [9.17, 15) is 14.7 Å². The van der Waals surface area contributed by atoms with Crippen LogP contribution in [-0.4, -0.2) is 38.6 Å². The topological polar surface area (TPSA) is 105 Å². The summed E-state index contributed by atoms with van der Waals surface area (Å²) in [7, 11) is 0. The molecule has 0 amide bonds. The van der Waals surface area contributed by atoms with Crippen LogP contribution < -0.4 is 11.2 Å². The molecule has 3 heterocycles. The van der Waals surface area contributed by atoms with E-state index in [1.807, 2.05) is 11.4 Å². The summed E-state index contributed by atoms with van der Waals surface area (Å²) in [5, 5.41) is 20.7. The molecule has 21 heavy (non-hydrogen) atoms. The van der Waals surface area contributed by atoms with E-state index in [-0.39, 0.29) is 13.0 Å². The summed E-state index contributed by atoms with van der Waals surface area (Å²) in [6, 6.07) is 3.59. The van der Waals surface area contributed by atoms with Crippen molar-refractivity contribution in [3.8, 4) is 10.4 Å². The highest BCUT2D eigenvalue weighted by Crippen LogP contribution is 2.28. The summed E-state index contributed by atoms with van der Waals surface area (Å²) in [6.07, 6.45) is -0.659. The number of thiophene rings is 1. The highest BCUT2D eigenvalue weighted by molar-refractivity contribution is 7.13. The second-order valence-corrected chi connectivity index (χ2v) is 5.75. The number of hydrogen-bond acceptors (Lipinski definition) is 6. The number of nitrogens with one attached hydrogen (secondary N) is 1. The van der Waals surface area contributed by atoms with Gasteiger partial charge >= 0.3 is 5.69 Å². The third-order valence-corrected chi connectivity index (χ3v) is 4.35. The van der Waals surface area contributed by atoms with E-state index in [1.165, 1.54) is 22.1 Å². The number of hydrogen-bond donors (Lipinski definition) is 3. The minimum atomic E-state index is -0.844. The molecule has 0 bridgehead atoms. The first kappa shape index (κ1) is 14.2. The average molecular weight is 310 g/mol. The van der Waals surface area contributed by atoms with Gasteiger partial charge in [0.1, 0.15) is 12.3 Å². The largest absolute Gasteiger partial charge is 0.394 e. The zero-order valence-electron chi connectivity index (χ0n) is 10.9. The summed E-state index contributed by atoms with van der Waals surface area (Å²) >= 11 is 1.39. The molecule has 3 atom stereocenters. The second kappa shape index (κ2) is 5.57. The summed E-state index contributed by atoms with van der Waals surface area (Å²) in [5.41, 5.74) is -0.692. The summed E-state index contributed by atoms with van der Waals surface area (Å²) in [6.45, 7) is -0.326. The van der Waals surface area contributed by atoms with Crippen molar-refractivity contribution in [2.45, 2.75) is 24.9 Å². The minimum absolute atomic E-state index is 0.182. The first-order valence-corrected chi connectivity index (χ1v) is 7.32. The van der Waals surface area contributed by atoms with Gasteiger partial charge in [-0.15, -0.1) is 11.3 Å². The molecule has 0 radical (unpaired) electrons. The molecule has 2 aromatic rings. The molecule has 7 nitrogen and oxygen atoms in total. The normalized spacial score (nSPS) is 25.3. The molecule has 0 saturated carbocycles. The van der Waals surface area contributed by atoms with E-state index in [1.54, 1.807) is 6.07 Å². The number of ether oxygens (including phenoxy) is 1. The van der Waals surface area contributed by atoms with Crippen LogP contribution in [0, 0.1) is 0 Å². The molecular formula is C13H14N2O5S. The van der Waals surface area contributed by atoms with E-state index < -0.39 is 29.7 Å². The fourth-order valence-corrected chi connectivity index (χ4v) is 3.09. The van der Waals surface area contributed by atoms with Gasteiger partial charge in [0, 0.05) is 17.5 Å². The van der Waals surface area contributed by atoms with E-state index in [2.05, 4.69) is 4.98 Å². The fraction of sp³-hybridized carbons (Fsp3) is 0.385. The standard InChI is InChI=1S/C13H14N2O5S/c16-6-9-8(17)4-11(20-9)15-5-7(10-2-1-3-21-10)12(18)14-13(15)19/h1-3,5,8-9,11,16-17H,4,6H2,(H,14,18,19)/t8-,9+,11+/m0/s1. The highest BCUT2D eigenvalue weighted by atomic mass is 32.1. The lowest BCUT2D eigenvalue weighted by molar-refractivity contribution is -0.0458. The SMILES string of the molecule is O=c1[nH]c(=O)n([C@H]2C[C@H](O)[C@@H](CO)O2)cc1-c1cccs1. The van der Waals surface area contributed by atoms with Gasteiger partial charge in [-0.2, -0.15) is 0 Å². The van der Waals surface area contributed by atoms with Gasteiger partial charge in [0.05, 0.1) is 18.3 Å². The van der Waals surface area contributed by atoms with Crippen LogP contribution in [0.15, 0.2) is 33.3 Å². The number of rotatable bonds is 3. The predicted octanol–water partition coefficient (Wildman–Crippen LogP) is -0.0942. The summed E-state index contributed by atoms with van der Waals surface area (Å²) < 4.78 is 6.69. The number of nitrogens with zero attached hydrogens (tertiary/aromatic N) is 1. The Morgan fingerprint density at radius 2 is 2.29 bits per heavy atom. The lowest BCUT2D eigenvalue weighted by atomic mass is 10.2. The summed E-state index contributed by atoms with van der Waals surface area (Å²) in [5.74, 6) is 0. The number of aromatic amines is 1. The van der Waals surface area contributed by atoms with Crippen LogP contribution in [-0.2, 0) is 4.74 Å². The van der Waals surface area contributed by atoms with Gasteiger partial charge in [0.2, 0.25) is 0 Å². The molecule has 8 heteroatoms. The first-order chi connectivity index (χ1) is 10.1. The van der Waals surface area contributed by atoms with Crippen molar-refractivity contribution >= 4 is 11.3 Å². The first-order valence-electron chi connectivity index (χ1n) is 6.44. The van der Waals surface area contributed by atoms with Crippen molar-refractivity contribution in [2.24, 2.45) is 0 Å². The van der Waals surface area contributed by atoms with E-state index in [0.29, 0.717) is 5.56 Å². The Balaban J connectivity index is 2.02. The van der Waals surface area contributed by atoms with E-state index >= 15 is 0 Å². The Kier molecular flexibility index (Phi) is 3.77. The maximum atomic E-state index is 11.9. The Bertz CT molecular complexity index is 736. The Labute approximate surface area is 123 Å². The number of aliphatic hydroxyl groups excluding tert-OH is 2. The zero-order valence-corrected chi connectivity index (χ0v) is 11.7. The molecule has 0 aromatic carbocycles. The van der Waals surface area contributed by atoms with Crippen molar-refractivity contribution in [2.75, 3.05) is 6.61 Å². The van der Waals surface area contributed by atoms with Crippen molar-refractivity contribution < 1.29 is 14.9 Å². The van der Waals surface area contributed by atoms with E-state index in [4.69, 9.17) is 9.84 Å². The Morgan fingerprint density at radius 1 is 1.48 bits per heavy atom. The minimum Gasteiger partial charge on any atom is -0.394 e.